The van der Waals surface area contributed by atoms with Crippen LogP contribution in [0.4, 0.5) is 5.69 Å². The minimum absolute atomic E-state index is 0.989. The first-order valence-electron chi connectivity index (χ1n) is 7.47. The van der Waals surface area contributed by atoms with E-state index in [1.807, 2.05) is 7.05 Å². The van der Waals surface area contributed by atoms with E-state index in [4.69, 9.17) is 0 Å². The molecule has 0 unspecified atom stereocenters. The molecule has 112 valence electrons. The molecular formula is C18H25N3. The molecule has 0 atom stereocenters. The van der Waals surface area contributed by atoms with Gasteiger partial charge in [-0.1, -0.05) is 30.4 Å². The average Bonchev–Trinajstić information content (AvgIpc) is 2.53. The summed E-state index contributed by atoms with van der Waals surface area (Å²) >= 11 is 0. The topological polar surface area (TPSA) is 18.8 Å². The maximum Gasteiger partial charge on any atom is 0.0797 e. The number of allylic oxidation sites excluding steroid dienone is 2. The zero-order valence-electron chi connectivity index (χ0n) is 13.3. The summed E-state index contributed by atoms with van der Waals surface area (Å²) in [5.74, 6) is 0. The molecular weight excluding hydrogens is 258 g/mol. The predicted octanol–water partition coefficient (Wildman–Crippen LogP) is 3.36. The summed E-state index contributed by atoms with van der Waals surface area (Å²) in [4.78, 5) is 9.12. The van der Waals surface area contributed by atoms with Crippen LogP contribution in [0, 0.1) is 0 Å². The van der Waals surface area contributed by atoms with Crippen molar-refractivity contribution in [2.45, 2.75) is 13.8 Å². The number of anilines is 1. The molecule has 1 aliphatic rings. The monoisotopic (exact) mass is 283 g/mol. The van der Waals surface area contributed by atoms with Crippen LogP contribution in [0.1, 0.15) is 13.8 Å². The molecule has 1 aromatic carbocycles. The molecule has 0 N–H and O–H groups in total. The van der Waals surface area contributed by atoms with Gasteiger partial charge in [-0.3, -0.25) is 4.99 Å². The molecule has 2 rings (SSSR count). The summed E-state index contributed by atoms with van der Waals surface area (Å²) in [6, 6.07) is 10.6. The number of hydrogen-bond donors (Lipinski definition) is 0. The molecule has 21 heavy (non-hydrogen) atoms. The lowest BCUT2D eigenvalue weighted by molar-refractivity contribution is 0.337. The first-order chi connectivity index (χ1) is 10.1. The van der Waals surface area contributed by atoms with Gasteiger partial charge in [-0.25, -0.2) is 0 Å². The molecule has 0 aromatic heterocycles. The Kier molecular flexibility index (Phi) is 5.20. The molecule has 0 spiro atoms. The predicted molar refractivity (Wildman–Crippen MR) is 92.2 cm³/mol. The Hall–Kier alpha value is -2.03. The maximum atomic E-state index is 4.37. The molecule has 0 aliphatic carbocycles. The van der Waals surface area contributed by atoms with Crippen molar-refractivity contribution in [2.75, 3.05) is 38.1 Å². The van der Waals surface area contributed by atoms with Crippen molar-refractivity contribution in [3.05, 3.63) is 54.3 Å². The lowest BCUT2D eigenvalue weighted by atomic mass is 10.1. The van der Waals surface area contributed by atoms with Crippen molar-refractivity contribution < 1.29 is 0 Å². The van der Waals surface area contributed by atoms with Crippen molar-refractivity contribution in [1.29, 1.82) is 0 Å². The van der Waals surface area contributed by atoms with Gasteiger partial charge in [0.25, 0.3) is 0 Å². The smallest absolute Gasteiger partial charge is 0.0797 e. The van der Waals surface area contributed by atoms with Crippen LogP contribution < -0.4 is 4.90 Å². The lowest BCUT2D eigenvalue weighted by Crippen LogP contribution is -2.46. The molecule has 0 bridgehead atoms. The van der Waals surface area contributed by atoms with Crippen molar-refractivity contribution in [3.8, 4) is 0 Å². The van der Waals surface area contributed by atoms with E-state index >= 15 is 0 Å². The largest absolute Gasteiger partial charge is 0.368 e. The SMILES string of the molecule is C=C(/C(C=C(C)C)=N/C)N1CCN(c2ccccc2)CC1. The molecule has 1 saturated heterocycles. The molecule has 0 amide bonds. The Morgan fingerprint density at radius 1 is 1.10 bits per heavy atom. The quantitative estimate of drug-likeness (QED) is 0.789. The van der Waals surface area contributed by atoms with Gasteiger partial charge in [-0.15, -0.1) is 0 Å². The molecule has 0 radical (unpaired) electrons. The summed E-state index contributed by atoms with van der Waals surface area (Å²) in [7, 11) is 1.83. The number of piperazine rings is 1. The van der Waals surface area contributed by atoms with Crippen molar-refractivity contribution in [2.24, 2.45) is 4.99 Å². The van der Waals surface area contributed by atoms with Gasteiger partial charge in [-0.05, 0) is 32.1 Å². The van der Waals surface area contributed by atoms with E-state index in [1.165, 1.54) is 11.3 Å². The van der Waals surface area contributed by atoms with Gasteiger partial charge in [0.1, 0.15) is 0 Å². The number of rotatable bonds is 4. The molecule has 1 fully saturated rings. The number of aliphatic imine (C=N–C) groups is 1. The Morgan fingerprint density at radius 2 is 1.71 bits per heavy atom. The number of para-hydroxylation sites is 1. The highest BCUT2D eigenvalue weighted by molar-refractivity contribution is 6.07. The zero-order valence-corrected chi connectivity index (χ0v) is 13.3. The van der Waals surface area contributed by atoms with Crippen LogP contribution >= 0.6 is 0 Å². The summed E-state index contributed by atoms with van der Waals surface area (Å²) in [5, 5.41) is 0. The van der Waals surface area contributed by atoms with E-state index in [9.17, 15) is 0 Å². The Morgan fingerprint density at radius 3 is 2.24 bits per heavy atom. The Labute approximate surface area is 128 Å². The highest BCUT2D eigenvalue weighted by Gasteiger charge is 2.19. The fraction of sp³-hybridized carbons (Fsp3) is 0.389. The highest BCUT2D eigenvalue weighted by atomic mass is 15.3. The number of nitrogens with zero attached hydrogens (tertiary/aromatic N) is 3. The zero-order chi connectivity index (χ0) is 15.2. The minimum Gasteiger partial charge on any atom is -0.368 e. The Bertz CT molecular complexity index is 531. The van der Waals surface area contributed by atoms with Crippen molar-refractivity contribution >= 4 is 11.4 Å². The second-order valence-electron chi connectivity index (χ2n) is 5.59. The number of hydrogen-bond acceptors (Lipinski definition) is 3. The van der Waals surface area contributed by atoms with Crippen LogP contribution in [0.15, 0.2) is 59.2 Å². The van der Waals surface area contributed by atoms with E-state index in [-0.39, 0.29) is 0 Å². The fourth-order valence-electron chi connectivity index (χ4n) is 2.59. The standard InChI is InChI=1S/C18H25N3/c1-15(2)14-18(19-4)16(3)20-10-12-21(13-11-20)17-8-6-5-7-9-17/h5-9,14H,3,10-13H2,1-2,4H3/b19-18+. The summed E-state index contributed by atoms with van der Waals surface area (Å²) < 4.78 is 0. The summed E-state index contributed by atoms with van der Waals surface area (Å²) in [6.07, 6.45) is 2.10. The van der Waals surface area contributed by atoms with Gasteiger partial charge in [0, 0.05) is 38.9 Å². The minimum atomic E-state index is 0.989. The van der Waals surface area contributed by atoms with Crippen LogP contribution in [0.5, 0.6) is 0 Å². The second kappa shape index (κ2) is 7.11. The van der Waals surface area contributed by atoms with E-state index < -0.39 is 0 Å². The molecule has 3 nitrogen and oxygen atoms in total. The van der Waals surface area contributed by atoms with Crippen LogP contribution in [0.25, 0.3) is 0 Å². The Balaban J connectivity index is 1.98. The van der Waals surface area contributed by atoms with E-state index in [1.54, 1.807) is 0 Å². The van der Waals surface area contributed by atoms with Crippen LogP contribution in [0.2, 0.25) is 0 Å². The van der Waals surface area contributed by atoms with Crippen LogP contribution in [-0.2, 0) is 0 Å². The molecule has 1 aromatic rings. The molecule has 3 heteroatoms. The first-order valence-corrected chi connectivity index (χ1v) is 7.47. The molecule has 1 aliphatic heterocycles. The third-order valence-electron chi connectivity index (χ3n) is 3.74. The average molecular weight is 283 g/mol. The normalized spacial score (nSPS) is 15.9. The van der Waals surface area contributed by atoms with Gasteiger partial charge >= 0.3 is 0 Å². The van der Waals surface area contributed by atoms with Crippen LogP contribution in [-0.4, -0.2) is 43.8 Å². The second-order valence-corrected chi connectivity index (χ2v) is 5.59. The third-order valence-corrected chi connectivity index (χ3v) is 3.74. The van der Waals surface area contributed by atoms with Crippen LogP contribution in [0.3, 0.4) is 0 Å². The van der Waals surface area contributed by atoms with Gasteiger partial charge < -0.3 is 9.80 Å². The third kappa shape index (κ3) is 3.97. The highest BCUT2D eigenvalue weighted by Crippen LogP contribution is 2.18. The lowest BCUT2D eigenvalue weighted by Gasteiger charge is -2.38. The fourth-order valence-corrected chi connectivity index (χ4v) is 2.59. The van der Waals surface area contributed by atoms with Crippen molar-refractivity contribution in [1.82, 2.24) is 4.90 Å². The van der Waals surface area contributed by atoms with Crippen molar-refractivity contribution in [3.63, 3.8) is 0 Å². The maximum absolute atomic E-state index is 4.37. The van der Waals surface area contributed by atoms with E-state index in [0.29, 0.717) is 0 Å². The summed E-state index contributed by atoms with van der Waals surface area (Å²) in [6.45, 7) is 12.4. The van der Waals surface area contributed by atoms with E-state index in [0.717, 1.165) is 37.6 Å². The van der Waals surface area contributed by atoms with Gasteiger partial charge in [-0.2, -0.15) is 0 Å². The van der Waals surface area contributed by atoms with E-state index in [2.05, 4.69) is 71.6 Å². The molecule has 0 saturated carbocycles. The molecule has 1 heterocycles. The van der Waals surface area contributed by atoms with Gasteiger partial charge in [0.15, 0.2) is 0 Å². The van der Waals surface area contributed by atoms with Gasteiger partial charge in [0.05, 0.1) is 11.4 Å². The first kappa shape index (κ1) is 15.4. The summed E-state index contributed by atoms with van der Waals surface area (Å²) in [5.41, 5.74) is 4.57. The number of benzene rings is 1. The van der Waals surface area contributed by atoms with Gasteiger partial charge in [0.2, 0.25) is 0 Å².